The zero-order valence-electron chi connectivity index (χ0n) is 20.9. The van der Waals surface area contributed by atoms with Gasteiger partial charge in [-0.2, -0.15) is 0 Å². The first-order valence-electron chi connectivity index (χ1n) is 12.7. The van der Waals surface area contributed by atoms with E-state index in [2.05, 4.69) is 15.6 Å². The summed E-state index contributed by atoms with van der Waals surface area (Å²) in [6.45, 7) is 0.378. The molecule has 1 aliphatic rings. The quantitative estimate of drug-likeness (QED) is 0.228. The number of nitrogens with one attached hydrogen (secondary N) is 2. The minimum Gasteiger partial charge on any atom is -0.459 e. The Morgan fingerprint density at radius 1 is 0.974 bits per heavy atom. The number of benzene rings is 3. The number of rotatable bonds is 7. The van der Waals surface area contributed by atoms with Crippen LogP contribution < -0.4 is 10.6 Å². The fraction of sp³-hybridized carbons (Fsp3) is 0.129. The van der Waals surface area contributed by atoms with E-state index in [1.165, 1.54) is 12.1 Å². The minimum atomic E-state index is -0.327. The molecule has 0 spiro atoms. The number of aromatic nitrogens is 1. The molecule has 1 aliphatic heterocycles. The zero-order valence-corrected chi connectivity index (χ0v) is 21.7. The Morgan fingerprint density at radius 2 is 1.77 bits per heavy atom. The van der Waals surface area contributed by atoms with E-state index in [0.29, 0.717) is 23.2 Å². The molecule has 2 aromatic heterocycles. The van der Waals surface area contributed by atoms with Crippen LogP contribution in [0.15, 0.2) is 108 Å². The number of pyridine rings is 1. The molecule has 39 heavy (non-hydrogen) atoms. The number of anilines is 1. The summed E-state index contributed by atoms with van der Waals surface area (Å²) in [6.07, 6.45) is 1.96. The first-order chi connectivity index (χ1) is 19.1. The number of hydrogen-bond acceptors (Lipinski definition) is 4. The molecular formula is C31H25FN4O2S. The van der Waals surface area contributed by atoms with E-state index >= 15 is 0 Å². The third kappa shape index (κ3) is 5.11. The van der Waals surface area contributed by atoms with Crippen LogP contribution in [0, 0.1) is 5.82 Å². The predicted octanol–water partition coefficient (Wildman–Crippen LogP) is 6.64. The molecule has 2 N–H and O–H groups in total. The van der Waals surface area contributed by atoms with Crippen LogP contribution in [0.4, 0.5) is 10.1 Å². The van der Waals surface area contributed by atoms with Crippen molar-refractivity contribution in [2.24, 2.45) is 0 Å². The van der Waals surface area contributed by atoms with Gasteiger partial charge in [0.15, 0.2) is 5.11 Å². The van der Waals surface area contributed by atoms with Gasteiger partial charge in [-0.3, -0.25) is 9.78 Å². The van der Waals surface area contributed by atoms with Crippen LogP contribution >= 0.6 is 12.2 Å². The maximum Gasteiger partial charge on any atom is 0.226 e. The molecule has 1 amide bonds. The zero-order chi connectivity index (χ0) is 26.8. The molecule has 0 bridgehead atoms. The van der Waals surface area contributed by atoms with Crippen LogP contribution in [-0.4, -0.2) is 27.4 Å². The van der Waals surface area contributed by atoms with Crippen LogP contribution in [-0.2, 0) is 4.79 Å². The van der Waals surface area contributed by atoms with Gasteiger partial charge < -0.3 is 20.0 Å². The van der Waals surface area contributed by atoms with Crippen molar-refractivity contribution in [3.63, 3.8) is 0 Å². The lowest BCUT2D eigenvalue weighted by Crippen LogP contribution is -2.32. The number of fused-ring (bicyclic) bond motifs is 1. The summed E-state index contributed by atoms with van der Waals surface area (Å²) in [5.41, 5.74) is 2.36. The summed E-state index contributed by atoms with van der Waals surface area (Å²) in [6, 6.07) is 28.9. The second-order valence-electron chi connectivity index (χ2n) is 9.35. The van der Waals surface area contributed by atoms with Crippen LogP contribution in [0.2, 0.25) is 0 Å². The fourth-order valence-corrected chi connectivity index (χ4v) is 5.34. The topological polar surface area (TPSA) is 70.4 Å². The fourth-order valence-electron chi connectivity index (χ4n) is 5.01. The number of carbonyl (C=O) groups excluding carboxylic acids is 1. The summed E-state index contributed by atoms with van der Waals surface area (Å²) < 4.78 is 19.7. The molecule has 6 rings (SSSR count). The summed E-state index contributed by atoms with van der Waals surface area (Å²) in [5, 5.41) is 9.01. The van der Waals surface area contributed by atoms with Gasteiger partial charge in [0, 0.05) is 35.8 Å². The van der Waals surface area contributed by atoms with Crippen molar-refractivity contribution in [1.29, 1.82) is 0 Å². The van der Waals surface area contributed by atoms with E-state index in [1.54, 1.807) is 18.3 Å². The third-order valence-corrected chi connectivity index (χ3v) is 7.24. The molecule has 5 aromatic rings. The van der Waals surface area contributed by atoms with Crippen molar-refractivity contribution < 1.29 is 13.6 Å². The lowest BCUT2D eigenvalue weighted by Gasteiger charge is -2.26. The summed E-state index contributed by atoms with van der Waals surface area (Å²) in [7, 11) is 0. The number of amides is 1. The van der Waals surface area contributed by atoms with E-state index < -0.39 is 0 Å². The number of halogens is 1. The third-order valence-electron chi connectivity index (χ3n) is 6.89. The van der Waals surface area contributed by atoms with E-state index in [0.717, 1.165) is 27.7 Å². The standard InChI is InChI=1S/C31H25FN4O2S/c32-22-13-11-21(12-14-22)26-15-16-27(38-26)30-29(25-9-3-4-18-33-25)35-31(39)36(30)19-17-28(37)34-24-10-5-7-20-6-1-2-8-23(20)24/h1-16,18,29-30H,17,19H2,(H,34,37)(H,35,39)/t29-,30+/m1/s1. The molecule has 0 unspecified atom stereocenters. The smallest absolute Gasteiger partial charge is 0.226 e. The van der Waals surface area contributed by atoms with Gasteiger partial charge in [0.05, 0.1) is 11.7 Å². The van der Waals surface area contributed by atoms with Gasteiger partial charge >= 0.3 is 0 Å². The van der Waals surface area contributed by atoms with Crippen molar-refractivity contribution in [3.8, 4) is 11.3 Å². The van der Waals surface area contributed by atoms with Crippen molar-refractivity contribution in [2.45, 2.75) is 18.5 Å². The van der Waals surface area contributed by atoms with Crippen molar-refractivity contribution in [3.05, 3.63) is 121 Å². The molecular weight excluding hydrogens is 511 g/mol. The molecule has 3 aromatic carbocycles. The minimum absolute atomic E-state index is 0.111. The summed E-state index contributed by atoms with van der Waals surface area (Å²) in [4.78, 5) is 19.6. The monoisotopic (exact) mass is 536 g/mol. The Balaban J connectivity index is 1.25. The molecule has 0 radical (unpaired) electrons. The van der Waals surface area contributed by atoms with Crippen LogP contribution in [0.1, 0.15) is 30.0 Å². The molecule has 8 heteroatoms. The van der Waals surface area contributed by atoms with Crippen molar-refractivity contribution in [2.75, 3.05) is 11.9 Å². The molecule has 6 nitrogen and oxygen atoms in total. The van der Waals surface area contributed by atoms with Gasteiger partial charge in [-0.1, -0.05) is 42.5 Å². The highest BCUT2D eigenvalue weighted by molar-refractivity contribution is 7.80. The highest BCUT2D eigenvalue weighted by Crippen LogP contribution is 2.40. The van der Waals surface area contributed by atoms with E-state index in [1.807, 2.05) is 77.7 Å². The normalized spacial score (nSPS) is 16.8. The van der Waals surface area contributed by atoms with Crippen LogP contribution in [0.3, 0.4) is 0 Å². The molecule has 0 saturated carbocycles. The second kappa shape index (κ2) is 10.7. The Bertz CT molecular complexity index is 1630. The van der Waals surface area contributed by atoms with Gasteiger partial charge in [-0.05, 0) is 72.2 Å². The number of carbonyl (C=O) groups is 1. The van der Waals surface area contributed by atoms with Gasteiger partial charge in [-0.25, -0.2) is 4.39 Å². The van der Waals surface area contributed by atoms with E-state index in [4.69, 9.17) is 16.6 Å². The van der Waals surface area contributed by atoms with Crippen molar-refractivity contribution in [1.82, 2.24) is 15.2 Å². The van der Waals surface area contributed by atoms with Gasteiger partial charge in [-0.15, -0.1) is 0 Å². The Hall–Kier alpha value is -4.56. The Morgan fingerprint density at radius 3 is 2.59 bits per heavy atom. The van der Waals surface area contributed by atoms with E-state index in [-0.39, 0.29) is 30.2 Å². The van der Waals surface area contributed by atoms with Gasteiger partial charge in [0.25, 0.3) is 0 Å². The molecule has 0 aliphatic carbocycles. The predicted molar refractivity (Wildman–Crippen MR) is 153 cm³/mol. The molecule has 1 fully saturated rings. The molecule has 194 valence electrons. The summed E-state index contributed by atoms with van der Waals surface area (Å²) >= 11 is 5.73. The van der Waals surface area contributed by atoms with Crippen LogP contribution in [0.25, 0.3) is 22.1 Å². The van der Waals surface area contributed by atoms with E-state index in [9.17, 15) is 9.18 Å². The maximum absolute atomic E-state index is 13.5. The second-order valence-corrected chi connectivity index (χ2v) is 9.74. The van der Waals surface area contributed by atoms with Gasteiger partial charge in [0.1, 0.15) is 23.4 Å². The highest BCUT2D eigenvalue weighted by Gasteiger charge is 2.41. The number of furan rings is 1. The molecule has 2 atom stereocenters. The first-order valence-corrected chi connectivity index (χ1v) is 13.1. The van der Waals surface area contributed by atoms with Gasteiger partial charge in [0.2, 0.25) is 5.91 Å². The highest BCUT2D eigenvalue weighted by atomic mass is 32.1. The Labute approximate surface area is 230 Å². The number of nitrogens with zero attached hydrogens (tertiary/aromatic N) is 2. The molecule has 3 heterocycles. The average Bonchev–Trinajstić information content (AvgIpc) is 3.57. The largest absolute Gasteiger partial charge is 0.459 e. The van der Waals surface area contributed by atoms with Crippen molar-refractivity contribution >= 4 is 39.7 Å². The average molecular weight is 537 g/mol. The lowest BCUT2D eigenvalue weighted by atomic mass is 10.0. The first kappa shape index (κ1) is 24.8. The Kier molecular flexibility index (Phi) is 6.77. The molecule has 1 saturated heterocycles. The maximum atomic E-state index is 13.5. The SMILES string of the molecule is O=C(CCN1C(=S)N[C@H](c2ccccn2)[C@@H]1c1ccc(-c2ccc(F)cc2)o1)Nc1cccc2ccccc12. The summed E-state index contributed by atoms with van der Waals surface area (Å²) in [5.74, 6) is 0.878. The lowest BCUT2D eigenvalue weighted by molar-refractivity contribution is -0.116. The number of hydrogen-bond donors (Lipinski definition) is 2. The van der Waals surface area contributed by atoms with Crippen LogP contribution in [0.5, 0.6) is 0 Å². The number of thiocarbonyl (C=S) groups is 1.